The Kier molecular flexibility index (Phi) is 4.93. The van der Waals surface area contributed by atoms with E-state index in [0.717, 1.165) is 6.04 Å². The van der Waals surface area contributed by atoms with Gasteiger partial charge in [0.1, 0.15) is 0 Å². The van der Waals surface area contributed by atoms with Gasteiger partial charge in [0, 0.05) is 8.07 Å². The fraction of sp³-hybridized carbons (Fsp3) is 0.429. The zero-order valence-corrected chi connectivity index (χ0v) is 13.4. The predicted molar refractivity (Wildman–Crippen MR) is 80.4 cm³/mol. The second-order valence-corrected chi connectivity index (χ2v) is 13.6. The van der Waals surface area contributed by atoms with Crippen LogP contribution in [0.4, 0.5) is 0 Å². The van der Waals surface area contributed by atoms with Gasteiger partial charge in [-0.2, -0.15) is 0 Å². The van der Waals surface area contributed by atoms with Gasteiger partial charge in [0.25, 0.3) is 0 Å². The molecule has 1 rings (SSSR count). The van der Waals surface area contributed by atoms with Crippen LogP contribution in [0, 0.1) is 0 Å². The maximum absolute atomic E-state index is 12.2. The Hall–Kier alpha value is -0.873. The number of benzene rings is 1. The molecule has 0 amide bonds. The first-order valence-electron chi connectivity index (χ1n) is 6.19. The van der Waals surface area contributed by atoms with Gasteiger partial charge in [-0.25, -0.2) is 8.42 Å². The molecule has 0 spiro atoms. The maximum Gasteiger partial charge on any atom is 0.184 e. The van der Waals surface area contributed by atoms with Crippen LogP contribution in [0.1, 0.15) is 6.92 Å². The molecule has 1 unspecified atom stereocenters. The van der Waals surface area contributed by atoms with Crippen LogP contribution in [-0.4, -0.2) is 21.7 Å². The summed E-state index contributed by atoms with van der Waals surface area (Å²) >= 11 is 0. The van der Waals surface area contributed by atoms with Crippen LogP contribution >= 0.6 is 0 Å². The number of allylic oxidation sites excluding steroid dienone is 1. The Labute approximate surface area is 112 Å². The van der Waals surface area contributed by atoms with Gasteiger partial charge < -0.3 is 0 Å². The van der Waals surface area contributed by atoms with Crippen molar-refractivity contribution in [1.29, 1.82) is 0 Å². The highest BCUT2D eigenvalue weighted by Gasteiger charge is 2.20. The Balaban J connectivity index is 2.81. The van der Waals surface area contributed by atoms with Crippen LogP contribution in [0.5, 0.6) is 0 Å². The van der Waals surface area contributed by atoms with E-state index in [1.807, 2.05) is 18.2 Å². The number of hydrogen-bond acceptors (Lipinski definition) is 2. The van der Waals surface area contributed by atoms with Crippen molar-refractivity contribution in [1.82, 2.24) is 0 Å². The minimum atomic E-state index is -3.23. The standard InChI is InChI=1S/C14H22O2SSi/c1-13(9-8-12-18(2,3)4)17(15,16)14-10-6-5-7-11-14/h5-11,13H,12H2,1-4H3/b9-8+. The molecule has 0 N–H and O–H groups in total. The molecule has 0 aliphatic heterocycles. The van der Waals surface area contributed by atoms with Crippen molar-refractivity contribution in [2.75, 3.05) is 0 Å². The molecule has 0 saturated carbocycles. The molecule has 0 saturated heterocycles. The molecule has 0 aromatic heterocycles. The third-order valence-corrected chi connectivity index (χ3v) is 6.22. The Morgan fingerprint density at radius 1 is 1.17 bits per heavy atom. The molecule has 0 fully saturated rings. The summed E-state index contributed by atoms with van der Waals surface area (Å²) in [4.78, 5) is 0.398. The van der Waals surface area contributed by atoms with Gasteiger partial charge in [0.2, 0.25) is 0 Å². The van der Waals surface area contributed by atoms with Gasteiger partial charge in [-0.15, -0.1) is 0 Å². The third kappa shape index (κ3) is 4.42. The van der Waals surface area contributed by atoms with Crippen molar-refractivity contribution >= 4 is 17.9 Å². The molecule has 4 heteroatoms. The van der Waals surface area contributed by atoms with Crippen LogP contribution in [0.25, 0.3) is 0 Å². The molecule has 2 nitrogen and oxygen atoms in total. The number of rotatable bonds is 5. The third-order valence-electron chi connectivity index (χ3n) is 2.70. The zero-order chi connectivity index (χ0) is 13.8. The number of sulfone groups is 1. The average molecular weight is 282 g/mol. The van der Waals surface area contributed by atoms with E-state index in [0.29, 0.717) is 4.90 Å². The monoisotopic (exact) mass is 282 g/mol. The highest BCUT2D eigenvalue weighted by molar-refractivity contribution is 7.92. The first-order valence-corrected chi connectivity index (χ1v) is 11.4. The van der Waals surface area contributed by atoms with Gasteiger partial charge in [-0.3, -0.25) is 0 Å². The zero-order valence-electron chi connectivity index (χ0n) is 11.6. The predicted octanol–water partition coefficient (Wildman–Crippen LogP) is 3.74. The minimum absolute atomic E-state index is 0.398. The maximum atomic E-state index is 12.2. The second kappa shape index (κ2) is 5.84. The van der Waals surface area contributed by atoms with E-state index in [2.05, 4.69) is 19.6 Å². The minimum Gasteiger partial charge on any atom is -0.223 e. The van der Waals surface area contributed by atoms with E-state index < -0.39 is 23.2 Å². The summed E-state index contributed by atoms with van der Waals surface area (Å²) in [5.41, 5.74) is 0. The van der Waals surface area contributed by atoms with Crippen molar-refractivity contribution in [2.45, 2.75) is 42.8 Å². The van der Waals surface area contributed by atoms with Crippen LogP contribution in [0.2, 0.25) is 25.7 Å². The summed E-state index contributed by atoms with van der Waals surface area (Å²) in [5, 5.41) is -0.462. The number of hydrogen-bond donors (Lipinski definition) is 0. The molecule has 0 aliphatic rings. The Morgan fingerprint density at radius 2 is 1.72 bits per heavy atom. The molecule has 0 aliphatic carbocycles. The molecule has 0 radical (unpaired) electrons. The lowest BCUT2D eigenvalue weighted by atomic mass is 10.4. The topological polar surface area (TPSA) is 34.1 Å². The van der Waals surface area contributed by atoms with Crippen molar-refractivity contribution in [3.8, 4) is 0 Å². The van der Waals surface area contributed by atoms with Crippen molar-refractivity contribution in [2.24, 2.45) is 0 Å². The summed E-state index contributed by atoms with van der Waals surface area (Å²) < 4.78 is 24.5. The van der Waals surface area contributed by atoms with Crippen molar-refractivity contribution in [3.63, 3.8) is 0 Å². The second-order valence-electron chi connectivity index (χ2n) is 5.76. The summed E-state index contributed by atoms with van der Waals surface area (Å²) in [6, 6.07) is 9.65. The van der Waals surface area contributed by atoms with Crippen LogP contribution < -0.4 is 0 Å². The first kappa shape index (κ1) is 15.2. The summed E-state index contributed by atoms with van der Waals surface area (Å²) in [5.74, 6) is 0. The highest BCUT2D eigenvalue weighted by Crippen LogP contribution is 2.17. The van der Waals surface area contributed by atoms with Crippen LogP contribution in [0.3, 0.4) is 0 Å². The lowest BCUT2D eigenvalue weighted by Gasteiger charge is -2.13. The summed E-state index contributed by atoms with van der Waals surface area (Å²) in [6.45, 7) is 8.55. The molecule has 18 heavy (non-hydrogen) atoms. The lowest BCUT2D eigenvalue weighted by molar-refractivity contribution is 0.591. The Bertz CT molecular complexity index is 498. The normalized spacial score (nSPS) is 14.9. The van der Waals surface area contributed by atoms with Gasteiger partial charge in [0.15, 0.2) is 9.84 Å². The van der Waals surface area contributed by atoms with E-state index in [-0.39, 0.29) is 0 Å². The quantitative estimate of drug-likeness (QED) is 0.609. The van der Waals surface area contributed by atoms with E-state index in [1.165, 1.54) is 0 Å². The summed E-state index contributed by atoms with van der Waals surface area (Å²) in [6.07, 6.45) is 3.85. The molecule has 0 heterocycles. The van der Waals surface area contributed by atoms with Gasteiger partial charge in [-0.05, 0) is 25.1 Å². The molecule has 0 bridgehead atoms. The highest BCUT2D eigenvalue weighted by atomic mass is 32.2. The van der Waals surface area contributed by atoms with E-state index >= 15 is 0 Å². The lowest BCUT2D eigenvalue weighted by Crippen LogP contribution is -2.19. The molecular weight excluding hydrogens is 260 g/mol. The molecule has 100 valence electrons. The SMILES string of the molecule is CC(/C=C/C[Si](C)(C)C)S(=O)(=O)c1ccccc1. The fourth-order valence-electron chi connectivity index (χ4n) is 1.54. The van der Waals surface area contributed by atoms with E-state index in [4.69, 9.17) is 0 Å². The summed E-state index contributed by atoms with van der Waals surface area (Å²) in [7, 11) is -4.37. The largest absolute Gasteiger partial charge is 0.223 e. The van der Waals surface area contributed by atoms with Crippen molar-refractivity contribution < 1.29 is 8.42 Å². The van der Waals surface area contributed by atoms with Gasteiger partial charge in [-0.1, -0.05) is 50.0 Å². The van der Waals surface area contributed by atoms with E-state index in [1.54, 1.807) is 31.2 Å². The smallest absolute Gasteiger partial charge is 0.184 e. The Morgan fingerprint density at radius 3 is 2.22 bits per heavy atom. The van der Waals surface area contributed by atoms with Crippen LogP contribution in [-0.2, 0) is 9.84 Å². The molecule has 1 aromatic carbocycles. The first-order chi connectivity index (χ1) is 8.23. The molecular formula is C14H22O2SSi. The molecule has 1 aromatic rings. The van der Waals surface area contributed by atoms with Gasteiger partial charge in [0.05, 0.1) is 10.1 Å². The van der Waals surface area contributed by atoms with Gasteiger partial charge >= 0.3 is 0 Å². The van der Waals surface area contributed by atoms with Crippen molar-refractivity contribution in [3.05, 3.63) is 42.5 Å². The van der Waals surface area contributed by atoms with E-state index in [9.17, 15) is 8.42 Å². The molecule has 1 atom stereocenters. The van der Waals surface area contributed by atoms with Crippen LogP contribution in [0.15, 0.2) is 47.4 Å². The fourth-order valence-corrected chi connectivity index (χ4v) is 3.67. The average Bonchev–Trinajstić information content (AvgIpc) is 2.28.